The molecule has 3 aliphatic heterocycles. The zero-order valence-electron chi connectivity index (χ0n) is 46.4. The van der Waals surface area contributed by atoms with Gasteiger partial charge in [-0.15, -0.1) is 0 Å². The summed E-state index contributed by atoms with van der Waals surface area (Å²) >= 11 is 0. The molecular weight excluding hydrogens is 1050 g/mol. The van der Waals surface area contributed by atoms with Gasteiger partial charge < -0.3 is 15.0 Å². The average molecular weight is 1120 g/mol. The molecule has 0 unspecified atom stereocenters. The van der Waals surface area contributed by atoms with Crippen LogP contribution in [0.2, 0.25) is 13.1 Å². The van der Waals surface area contributed by atoms with Gasteiger partial charge in [-0.2, -0.15) is 16.8 Å². The van der Waals surface area contributed by atoms with Crippen LogP contribution < -0.4 is 35.7 Å². The lowest BCUT2D eigenvalue weighted by atomic mass is 9.86. The summed E-state index contributed by atoms with van der Waals surface area (Å²) in [6, 6.07) is 32.3. The Bertz CT molecular complexity index is 3750. The number of ketones is 1. The highest BCUT2D eigenvalue weighted by molar-refractivity contribution is 7.86. The van der Waals surface area contributed by atoms with Crippen molar-refractivity contribution in [3.8, 4) is 0 Å². The van der Waals surface area contributed by atoms with E-state index in [0.29, 0.717) is 57.7 Å². The van der Waals surface area contributed by atoms with Gasteiger partial charge in [0.15, 0.2) is 5.78 Å². The van der Waals surface area contributed by atoms with Crippen LogP contribution in [0.3, 0.4) is 0 Å². The van der Waals surface area contributed by atoms with Crippen molar-refractivity contribution in [3.05, 3.63) is 180 Å². The lowest BCUT2D eigenvalue weighted by Crippen LogP contribution is -2.64. The number of fused-ring (bicyclic) bond motifs is 4. The SMILES string of the molecule is Cc1cc2c(c(CCc3ccc(CNC(=O)CCOCCCC(=O)c4cc(C)c(C5=c6cc7c(cc6[Si](C)(C)c6cc(N8CCN(Cc9ccc(S(=O)(=O)O)cc9S(=O)(=O)O)CC8)ccc65)=[N+](C)CC7)c(C)c4)cc3)c1)CCC2. The zero-order valence-corrected chi connectivity index (χ0v) is 49.0. The number of hydrogen-bond acceptors (Lipinski definition) is 9. The second kappa shape index (κ2) is 22.8. The van der Waals surface area contributed by atoms with Gasteiger partial charge in [0.2, 0.25) is 11.3 Å². The molecule has 6 aromatic carbocycles. The van der Waals surface area contributed by atoms with Crippen molar-refractivity contribution in [1.82, 2.24) is 14.8 Å². The fourth-order valence-electron chi connectivity index (χ4n) is 12.7. The Balaban J connectivity index is 0.768. The van der Waals surface area contributed by atoms with Crippen molar-refractivity contribution in [2.75, 3.05) is 57.9 Å². The molecule has 0 aromatic heterocycles. The monoisotopic (exact) mass is 1120 g/mol. The summed E-state index contributed by atoms with van der Waals surface area (Å²) < 4.78 is 75.9. The van der Waals surface area contributed by atoms with Crippen LogP contribution in [0.4, 0.5) is 5.69 Å². The average Bonchev–Trinajstić information content (AvgIpc) is 4.10. The first-order valence-corrected chi connectivity index (χ1v) is 33.6. The van der Waals surface area contributed by atoms with Crippen molar-refractivity contribution >= 4 is 61.6 Å². The molecule has 3 N–H and O–H groups in total. The number of aryl methyl sites for hydroxylation is 6. The van der Waals surface area contributed by atoms with Crippen LogP contribution >= 0.6 is 0 Å². The third-order valence-corrected chi connectivity index (χ3v) is 22.2. The molecule has 0 radical (unpaired) electrons. The maximum absolute atomic E-state index is 13.8. The van der Waals surface area contributed by atoms with Gasteiger partial charge >= 0.3 is 0 Å². The Labute approximate surface area is 466 Å². The summed E-state index contributed by atoms with van der Waals surface area (Å²) in [5, 5.41) is 8.29. The van der Waals surface area contributed by atoms with Crippen molar-refractivity contribution in [1.29, 1.82) is 0 Å². The Morgan fingerprint density at radius 2 is 1.46 bits per heavy atom. The van der Waals surface area contributed by atoms with Crippen molar-refractivity contribution in [2.45, 2.75) is 115 Å². The predicted octanol–water partition coefficient (Wildman–Crippen LogP) is 6.45. The van der Waals surface area contributed by atoms with Crippen LogP contribution in [-0.4, -0.2) is 104 Å². The second-order valence-electron chi connectivity index (χ2n) is 22.8. The molecule has 6 aromatic rings. The highest BCUT2D eigenvalue weighted by Gasteiger charge is 2.38. The number of hydrogen-bond donors (Lipinski definition) is 3. The van der Waals surface area contributed by atoms with Gasteiger partial charge in [-0.1, -0.05) is 67.2 Å². The molecule has 79 heavy (non-hydrogen) atoms. The normalized spacial score (nSPS) is 15.9. The number of carbonyl (C=O) groups excluding carboxylic acids is 2. The molecule has 0 bridgehead atoms. The molecule has 0 atom stereocenters. The van der Waals surface area contributed by atoms with Crippen LogP contribution in [-0.2, 0) is 75.0 Å². The molecule has 13 nitrogen and oxygen atoms in total. The Morgan fingerprint density at radius 1 is 0.722 bits per heavy atom. The lowest BCUT2D eigenvalue weighted by Gasteiger charge is -2.38. The zero-order chi connectivity index (χ0) is 56.0. The summed E-state index contributed by atoms with van der Waals surface area (Å²) in [6.07, 6.45) is 7.82. The molecule has 3 heterocycles. The minimum atomic E-state index is -4.77. The minimum absolute atomic E-state index is 0.0614. The highest BCUT2D eigenvalue weighted by atomic mass is 32.2. The van der Waals surface area contributed by atoms with Gasteiger partial charge in [-0.05, 0) is 179 Å². The van der Waals surface area contributed by atoms with Gasteiger partial charge in [0.05, 0.1) is 16.4 Å². The topological polar surface area (TPSA) is 174 Å². The highest BCUT2D eigenvalue weighted by Crippen LogP contribution is 2.34. The molecule has 1 saturated heterocycles. The largest absolute Gasteiger partial charge is 0.381 e. The Kier molecular flexibility index (Phi) is 16.2. The number of amides is 1. The fraction of sp³-hybridized carbons (Fsp3) is 0.381. The summed E-state index contributed by atoms with van der Waals surface area (Å²) in [5.74, 6) is -0.00270. The van der Waals surface area contributed by atoms with Gasteiger partial charge in [-0.25, -0.2) is 4.58 Å². The van der Waals surface area contributed by atoms with Crippen molar-refractivity contribution < 1.29 is 40.3 Å². The first kappa shape index (κ1) is 56.2. The lowest BCUT2D eigenvalue weighted by molar-refractivity contribution is -0.122. The van der Waals surface area contributed by atoms with Crippen LogP contribution in [0.5, 0.6) is 0 Å². The molecule has 1 amide bonds. The Morgan fingerprint density at radius 3 is 2.18 bits per heavy atom. The molecule has 1 aliphatic carbocycles. The van der Waals surface area contributed by atoms with Crippen LogP contribution in [0.1, 0.15) is 103 Å². The van der Waals surface area contributed by atoms with Crippen LogP contribution in [0.15, 0.2) is 107 Å². The number of nitrogens with one attached hydrogen (secondary N) is 1. The fourth-order valence-corrected chi connectivity index (χ4v) is 17.0. The van der Waals surface area contributed by atoms with Crippen molar-refractivity contribution in [2.24, 2.45) is 0 Å². The predicted molar refractivity (Wildman–Crippen MR) is 314 cm³/mol. The first-order valence-electron chi connectivity index (χ1n) is 27.8. The van der Waals surface area contributed by atoms with Gasteiger partial charge in [0.25, 0.3) is 20.2 Å². The number of Topliss-reactive ketones (excluding diaryl/α,β-unsaturated/α-hetero) is 1. The summed E-state index contributed by atoms with van der Waals surface area (Å²) in [6.45, 7) is 16.0. The number of piperazine rings is 1. The summed E-state index contributed by atoms with van der Waals surface area (Å²) in [7, 11) is -9.61. The molecule has 4 aliphatic rings. The van der Waals surface area contributed by atoms with E-state index < -0.39 is 38.1 Å². The van der Waals surface area contributed by atoms with E-state index in [9.17, 15) is 35.5 Å². The maximum Gasteiger partial charge on any atom is 0.294 e. The molecule has 414 valence electrons. The number of anilines is 1. The third kappa shape index (κ3) is 12.2. The molecule has 16 heteroatoms. The first-order chi connectivity index (χ1) is 37.6. The van der Waals surface area contributed by atoms with Crippen LogP contribution in [0, 0.1) is 20.8 Å². The number of ether oxygens (including phenoxy) is 1. The molecule has 1 fully saturated rings. The second-order valence-corrected chi connectivity index (χ2v) is 29.9. The van der Waals surface area contributed by atoms with Crippen molar-refractivity contribution in [3.63, 3.8) is 0 Å². The standard InChI is InChI=1S/C63H72N4O9S2Si/c1-41-31-46-9-7-10-53(46)47(32-41)17-16-44-12-14-45(15-13-44)39-64-61(69)23-30-76-29-8-11-57(68)50-33-42(2)62(43(3)34-50)63-54-21-19-51(36-59(54)79(5,6)60-38-56-48(35-55(60)63)22-24-65(56)4)67-27-25-66(26-28-67)40-49-18-20-52(77(70,71)72)37-58(49)78(73,74)75/h12-15,18-21,31-38H,7-11,16-17,22-30,39-40H2,1-6H3,(H2-,64,69,70,71,72,73,74,75)/p+1. The van der Waals surface area contributed by atoms with E-state index in [0.717, 1.165) is 65.9 Å². The van der Waals surface area contributed by atoms with Gasteiger partial charge in [-0.3, -0.25) is 23.6 Å². The van der Waals surface area contributed by atoms with E-state index in [-0.39, 0.29) is 36.8 Å². The van der Waals surface area contributed by atoms with E-state index in [1.165, 1.54) is 85.2 Å². The van der Waals surface area contributed by atoms with E-state index >= 15 is 0 Å². The number of likely N-dealkylation sites (N-methyl/N-ethyl adjacent to an activating group) is 1. The van der Waals surface area contributed by atoms with E-state index in [2.05, 4.69) is 127 Å². The van der Waals surface area contributed by atoms with Gasteiger partial charge in [0, 0.05) is 88.0 Å². The maximum atomic E-state index is 13.8. The molecule has 0 saturated carbocycles. The van der Waals surface area contributed by atoms with Gasteiger partial charge in [0.1, 0.15) is 21.7 Å². The number of carbonyl (C=O) groups is 2. The number of nitrogens with zero attached hydrogens (tertiary/aromatic N) is 3. The minimum Gasteiger partial charge on any atom is -0.381 e. The summed E-state index contributed by atoms with van der Waals surface area (Å²) in [5.41, 5.74) is 17.3. The Hall–Kier alpha value is -6.11. The smallest absolute Gasteiger partial charge is 0.294 e. The molecular formula is C63H73N4O9S2Si+. The van der Waals surface area contributed by atoms with E-state index in [1.54, 1.807) is 5.56 Å². The van der Waals surface area contributed by atoms with Crippen LogP contribution in [0.25, 0.3) is 5.57 Å². The third-order valence-electron chi connectivity index (χ3n) is 16.9. The van der Waals surface area contributed by atoms with E-state index in [4.69, 9.17) is 4.74 Å². The van der Waals surface area contributed by atoms with E-state index in [1.807, 2.05) is 12.1 Å². The number of benzene rings is 6. The quantitative estimate of drug-likeness (QED) is 0.0268. The number of rotatable bonds is 19. The summed E-state index contributed by atoms with van der Waals surface area (Å²) in [4.78, 5) is 29.8. The molecule has 10 rings (SSSR count). The molecule has 0 spiro atoms.